The SMILES string of the molecule is Cn1cc(Cn2ccnc2-c2ccc(N)cc2)nn1. The van der Waals surface area contributed by atoms with E-state index in [0.29, 0.717) is 6.54 Å². The molecule has 2 heterocycles. The molecule has 0 unspecified atom stereocenters. The van der Waals surface area contributed by atoms with Gasteiger partial charge in [-0.15, -0.1) is 5.10 Å². The number of aryl methyl sites for hydroxylation is 1. The molecule has 3 aromatic rings. The number of hydrogen-bond donors (Lipinski definition) is 1. The Bertz CT molecular complexity index is 679. The number of nitrogens with zero attached hydrogens (tertiary/aromatic N) is 5. The summed E-state index contributed by atoms with van der Waals surface area (Å²) in [4.78, 5) is 4.39. The third-order valence-corrected chi connectivity index (χ3v) is 2.87. The van der Waals surface area contributed by atoms with E-state index in [-0.39, 0.29) is 0 Å². The summed E-state index contributed by atoms with van der Waals surface area (Å²) in [5, 5.41) is 8.01. The summed E-state index contributed by atoms with van der Waals surface area (Å²) in [6.07, 6.45) is 5.61. The molecule has 0 amide bonds. The summed E-state index contributed by atoms with van der Waals surface area (Å²) in [5.41, 5.74) is 8.37. The van der Waals surface area contributed by atoms with Crippen molar-refractivity contribution < 1.29 is 0 Å². The van der Waals surface area contributed by atoms with Crippen LogP contribution >= 0.6 is 0 Å². The molecule has 0 atom stereocenters. The molecule has 0 aliphatic heterocycles. The maximum Gasteiger partial charge on any atom is 0.140 e. The molecule has 2 N–H and O–H groups in total. The maximum atomic E-state index is 5.70. The Morgan fingerprint density at radius 1 is 1.21 bits per heavy atom. The van der Waals surface area contributed by atoms with Gasteiger partial charge in [-0.1, -0.05) is 5.21 Å². The number of anilines is 1. The molecule has 6 heteroatoms. The lowest BCUT2D eigenvalue weighted by Crippen LogP contribution is -2.01. The van der Waals surface area contributed by atoms with Gasteiger partial charge in [0.25, 0.3) is 0 Å². The fourth-order valence-corrected chi connectivity index (χ4v) is 1.97. The molecule has 0 spiro atoms. The Balaban J connectivity index is 1.92. The zero-order valence-corrected chi connectivity index (χ0v) is 10.6. The van der Waals surface area contributed by atoms with Crippen LogP contribution in [0.3, 0.4) is 0 Å². The summed E-state index contributed by atoms with van der Waals surface area (Å²) in [5.74, 6) is 0.894. The molecule has 0 aliphatic carbocycles. The van der Waals surface area contributed by atoms with E-state index >= 15 is 0 Å². The van der Waals surface area contributed by atoms with E-state index in [0.717, 1.165) is 22.8 Å². The minimum Gasteiger partial charge on any atom is -0.399 e. The standard InChI is InChI=1S/C13H14N6/c1-18-8-12(16-17-18)9-19-7-6-15-13(19)10-2-4-11(14)5-3-10/h2-8H,9,14H2,1H3. The lowest BCUT2D eigenvalue weighted by Gasteiger charge is -2.06. The summed E-state index contributed by atoms with van der Waals surface area (Å²) in [6.45, 7) is 0.646. The molecule has 0 saturated carbocycles. The minimum atomic E-state index is 0.646. The highest BCUT2D eigenvalue weighted by atomic mass is 15.4. The van der Waals surface area contributed by atoms with Crippen molar-refractivity contribution in [1.29, 1.82) is 0 Å². The monoisotopic (exact) mass is 254 g/mol. The fraction of sp³-hybridized carbons (Fsp3) is 0.154. The smallest absolute Gasteiger partial charge is 0.140 e. The summed E-state index contributed by atoms with van der Waals surface area (Å²) >= 11 is 0. The van der Waals surface area contributed by atoms with E-state index in [1.54, 1.807) is 10.9 Å². The second-order valence-electron chi connectivity index (χ2n) is 4.38. The van der Waals surface area contributed by atoms with E-state index in [4.69, 9.17) is 5.73 Å². The van der Waals surface area contributed by atoms with Crippen LogP contribution in [0.5, 0.6) is 0 Å². The average Bonchev–Trinajstić information content (AvgIpc) is 3.00. The van der Waals surface area contributed by atoms with Crippen LogP contribution in [0.25, 0.3) is 11.4 Å². The molecule has 0 radical (unpaired) electrons. The van der Waals surface area contributed by atoms with Crippen molar-refractivity contribution in [3.05, 3.63) is 48.5 Å². The molecular weight excluding hydrogens is 240 g/mol. The Kier molecular flexibility index (Phi) is 2.75. The number of rotatable bonds is 3. The van der Waals surface area contributed by atoms with Gasteiger partial charge in [-0.25, -0.2) is 4.98 Å². The van der Waals surface area contributed by atoms with Crippen molar-refractivity contribution in [1.82, 2.24) is 24.5 Å². The topological polar surface area (TPSA) is 74.5 Å². The zero-order valence-electron chi connectivity index (χ0n) is 10.6. The van der Waals surface area contributed by atoms with Crippen LogP contribution in [0.2, 0.25) is 0 Å². The molecule has 6 nitrogen and oxygen atoms in total. The summed E-state index contributed by atoms with van der Waals surface area (Å²) < 4.78 is 3.73. The molecule has 19 heavy (non-hydrogen) atoms. The number of aromatic nitrogens is 5. The van der Waals surface area contributed by atoms with Gasteiger partial charge in [0.2, 0.25) is 0 Å². The van der Waals surface area contributed by atoms with Gasteiger partial charge >= 0.3 is 0 Å². The zero-order chi connectivity index (χ0) is 13.2. The Hall–Kier alpha value is -2.63. The molecule has 0 bridgehead atoms. The van der Waals surface area contributed by atoms with Crippen molar-refractivity contribution in [2.45, 2.75) is 6.54 Å². The number of nitrogen functional groups attached to an aromatic ring is 1. The first-order valence-electron chi connectivity index (χ1n) is 5.94. The average molecular weight is 254 g/mol. The van der Waals surface area contributed by atoms with Crippen LogP contribution in [0.4, 0.5) is 5.69 Å². The van der Waals surface area contributed by atoms with Crippen LogP contribution in [-0.2, 0) is 13.6 Å². The third kappa shape index (κ3) is 2.33. The van der Waals surface area contributed by atoms with Crippen LogP contribution in [0.15, 0.2) is 42.9 Å². The van der Waals surface area contributed by atoms with E-state index < -0.39 is 0 Å². The first-order chi connectivity index (χ1) is 9.22. The van der Waals surface area contributed by atoms with Crippen LogP contribution in [0.1, 0.15) is 5.69 Å². The Morgan fingerprint density at radius 2 is 2.00 bits per heavy atom. The quantitative estimate of drug-likeness (QED) is 0.715. The van der Waals surface area contributed by atoms with Crippen molar-refractivity contribution in [2.75, 3.05) is 5.73 Å². The van der Waals surface area contributed by atoms with Gasteiger partial charge in [0, 0.05) is 36.9 Å². The van der Waals surface area contributed by atoms with Gasteiger partial charge in [-0.2, -0.15) is 0 Å². The second kappa shape index (κ2) is 4.56. The van der Waals surface area contributed by atoms with Crippen molar-refractivity contribution in [3.8, 4) is 11.4 Å². The Morgan fingerprint density at radius 3 is 2.68 bits per heavy atom. The second-order valence-corrected chi connectivity index (χ2v) is 4.38. The first kappa shape index (κ1) is 11.5. The highest BCUT2D eigenvalue weighted by molar-refractivity contribution is 5.59. The highest BCUT2D eigenvalue weighted by Gasteiger charge is 2.07. The normalized spacial score (nSPS) is 10.8. The van der Waals surface area contributed by atoms with Gasteiger partial charge in [0.05, 0.1) is 6.54 Å². The first-order valence-corrected chi connectivity index (χ1v) is 5.94. The maximum absolute atomic E-state index is 5.70. The molecule has 0 saturated heterocycles. The van der Waals surface area contributed by atoms with Crippen molar-refractivity contribution >= 4 is 5.69 Å². The number of nitrogens with two attached hydrogens (primary N) is 1. The van der Waals surface area contributed by atoms with Crippen LogP contribution < -0.4 is 5.73 Å². The van der Waals surface area contributed by atoms with Gasteiger partial charge in [0.15, 0.2) is 0 Å². The van der Waals surface area contributed by atoms with E-state index in [9.17, 15) is 0 Å². The number of hydrogen-bond acceptors (Lipinski definition) is 4. The number of benzene rings is 1. The largest absolute Gasteiger partial charge is 0.399 e. The van der Waals surface area contributed by atoms with Crippen LogP contribution in [0, 0.1) is 0 Å². The van der Waals surface area contributed by atoms with Gasteiger partial charge in [-0.05, 0) is 24.3 Å². The van der Waals surface area contributed by atoms with Gasteiger partial charge in [0.1, 0.15) is 11.5 Å². The van der Waals surface area contributed by atoms with Crippen LogP contribution in [-0.4, -0.2) is 24.5 Å². The minimum absolute atomic E-state index is 0.646. The van der Waals surface area contributed by atoms with Crippen molar-refractivity contribution in [3.63, 3.8) is 0 Å². The predicted molar refractivity (Wildman–Crippen MR) is 72.2 cm³/mol. The highest BCUT2D eigenvalue weighted by Crippen LogP contribution is 2.19. The van der Waals surface area contributed by atoms with E-state index in [1.165, 1.54) is 0 Å². The van der Waals surface area contributed by atoms with E-state index in [2.05, 4.69) is 15.3 Å². The van der Waals surface area contributed by atoms with Crippen molar-refractivity contribution in [2.24, 2.45) is 7.05 Å². The molecule has 96 valence electrons. The lowest BCUT2D eigenvalue weighted by molar-refractivity contribution is 0.710. The molecule has 2 aromatic heterocycles. The van der Waals surface area contributed by atoms with Gasteiger partial charge in [-0.3, -0.25) is 4.68 Å². The lowest BCUT2D eigenvalue weighted by atomic mass is 10.2. The summed E-state index contributed by atoms with van der Waals surface area (Å²) in [7, 11) is 1.85. The number of imidazole rings is 1. The Labute approximate surface area is 110 Å². The summed E-state index contributed by atoms with van der Waals surface area (Å²) in [6, 6.07) is 7.67. The fourth-order valence-electron chi connectivity index (χ4n) is 1.97. The molecule has 3 rings (SSSR count). The predicted octanol–water partition coefficient (Wildman–Crippen LogP) is 1.31. The molecule has 1 aromatic carbocycles. The molecular formula is C13H14N6. The van der Waals surface area contributed by atoms with E-state index in [1.807, 2.05) is 48.3 Å². The molecule has 0 aliphatic rings. The van der Waals surface area contributed by atoms with Gasteiger partial charge < -0.3 is 10.3 Å². The third-order valence-electron chi connectivity index (χ3n) is 2.87. The molecule has 0 fully saturated rings.